The Labute approximate surface area is 189 Å². The lowest BCUT2D eigenvalue weighted by atomic mass is 10.1. The zero-order chi connectivity index (χ0) is 22.5. The van der Waals surface area contributed by atoms with Crippen molar-refractivity contribution in [3.8, 4) is 5.75 Å². The summed E-state index contributed by atoms with van der Waals surface area (Å²) in [5, 5.41) is 5.79. The van der Waals surface area contributed by atoms with Crippen molar-refractivity contribution in [3.05, 3.63) is 65.2 Å². The third-order valence-electron chi connectivity index (χ3n) is 5.09. The van der Waals surface area contributed by atoms with E-state index in [0.29, 0.717) is 42.0 Å². The van der Waals surface area contributed by atoms with Gasteiger partial charge >= 0.3 is 0 Å². The summed E-state index contributed by atoms with van der Waals surface area (Å²) in [5.41, 5.74) is 1.24. The predicted molar refractivity (Wildman–Crippen MR) is 120 cm³/mol. The molecule has 32 heavy (non-hydrogen) atoms. The van der Waals surface area contributed by atoms with Crippen molar-refractivity contribution in [2.45, 2.75) is 18.9 Å². The topological polar surface area (TPSA) is 92.3 Å². The summed E-state index contributed by atoms with van der Waals surface area (Å²) in [6.07, 6.45) is 2.91. The molecule has 2 heterocycles. The second kappa shape index (κ2) is 9.78. The first-order valence-electron chi connectivity index (χ1n) is 10.2. The molecule has 1 aromatic heterocycles. The second-order valence-corrected chi connectivity index (χ2v) is 7.68. The molecular formula is C22H22ClFN6O2. The SMILES string of the molecule is CNC(=O)c1cccc(Nc2ncnc(N3CCC(Oc4ccc(Cl)c(F)c4)CC3)n2)c1. The molecule has 1 aliphatic rings. The van der Waals surface area contributed by atoms with E-state index in [1.54, 1.807) is 31.3 Å². The molecule has 0 spiro atoms. The van der Waals surface area contributed by atoms with E-state index in [9.17, 15) is 9.18 Å². The Morgan fingerprint density at radius 1 is 1.19 bits per heavy atom. The molecule has 0 saturated carbocycles. The van der Waals surface area contributed by atoms with E-state index in [1.807, 2.05) is 6.07 Å². The quantitative estimate of drug-likeness (QED) is 0.582. The lowest BCUT2D eigenvalue weighted by Crippen LogP contribution is -2.39. The van der Waals surface area contributed by atoms with E-state index in [4.69, 9.17) is 16.3 Å². The summed E-state index contributed by atoms with van der Waals surface area (Å²) in [5.74, 6) is 0.750. The summed E-state index contributed by atoms with van der Waals surface area (Å²) in [6.45, 7) is 1.38. The summed E-state index contributed by atoms with van der Waals surface area (Å²) in [6, 6.07) is 11.5. The second-order valence-electron chi connectivity index (χ2n) is 7.27. The number of nitrogens with zero attached hydrogens (tertiary/aromatic N) is 4. The normalized spacial score (nSPS) is 14.2. The highest BCUT2D eigenvalue weighted by molar-refractivity contribution is 6.30. The molecule has 10 heteroatoms. The number of hydrogen-bond acceptors (Lipinski definition) is 7. The van der Waals surface area contributed by atoms with Crippen molar-refractivity contribution >= 4 is 35.1 Å². The fraction of sp³-hybridized carbons (Fsp3) is 0.273. The van der Waals surface area contributed by atoms with E-state index in [0.717, 1.165) is 12.8 Å². The largest absolute Gasteiger partial charge is 0.490 e. The number of halogens is 2. The Morgan fingerprint density at radius 3 is 2.75 bits per heavy atom. The van der Waals surface area contributed by atoms with Gasteiger partial charge in [0.25, 0.3) is 5.91 Å². The molecule has 166 valence electrons. The summed E-state index contributed by atoms with van der Waals surface area (Å²) < 4.78 is 19.5. The van der Waals surface area contributed by atoms with Gasteiger partial charge in [-0.3, -0.25) is 4.79 Å². The van der Waals surface area contributed by atoms with Crippen molar-refractivity contribution < 1.29 is 13.9 Å². The van der Waals surface area contributed by atoms with Crippen LogP contribution < -0.4 is 20.3 Å². The van der Waals surface area contributed by atoms with Crippen molar-refractivity contribution in [1.82, 2.24) is 20.3 Å². The fourth-order valence-corrected chi connectivity index (χ4v) is 3.55. The highest BCUT2D eigenvalue weighted by Crippen LogP contribution is 2.25. The molecule has 0 radical (unpaired) electrons. The van der Waals surface area contributed by atoms with Crippen molar-refractivity contribution in [2.24, 2.45) is 0 Å². The van der Waals surface area contributed by atoms with Gasteiger partial charge in [0.1, 0.15) is 24.0 Å². The van der Waals surface area contributed by atoms with E-state index in [2.05, 4.69) is 30.5 Å². The highest BCUT2D eigenvalue weighted by Gasteiger charge is 2.23. The fourth-order valence-electron chi connectivity index (χ4n) is 3.43. The first kappa shape index (κ1) is 21.8. The molecule has 4 rings (SSSR count). The van der Waals surface area contributed by atoms with Crippen molar-refractivity contribution in [1.29, 1.82) is 0 Å². The van der Waals surface area contributed by atoms with Gasteiger partial charge in [-0.15, -0.1) is 0 Å². The first-order chi connectivity index (χ1) is 15.5. The minimum absolute atomic E-state index is 0.0290. The molecule has 3 aromatic rings. The van der Waals surface area contributed by atoms with Crippen LogP contribution in [0.25, 0.3) is 0 Å². The molecule has 0 bridgehead atoms. The van der Waals surface area contributed by atoms with Crippen LogP contribution in [0.3, 0.4) is 0 Å². The minimum Gasteiger partial charge on any atom is -0.490 e. The van der Waals surface area contributed by atoms with E-state index < -0.39 is 5.82 Å². The number of nitrogens with one attached hydrogen (secondary N) is 2. The Hall–Kier alpha value is -3.46. The number of ether oxygens (including phenoxy) is 1. The van der Waals surface area contributed by atoms with Gasteiger partial charge in [0.2, 0.25) is 11.9 Å². The number of rotatable bonds is 6. The summed E-state index contributed by atoms with van der Waals surface area (Å²) >= 11 is 5.72. The third-order valence-corrected chi connectivity index (χ3v) is 5.39. The van der Waals surface area contributed by atoms with Gasteiger partial charge in [-0.25, -0.2) is 14.4 Å². The monoisotopic (exact) mass is 456 g/mol. The minimum atomic E-state index is -0.493. The third kappa shape index (κ3) is 5.23. The van der Waals surface area contributed by atoms with E-state index >= 15 is 0 Å². The first-order valence-corrected chi connectivity index (χ1v) is 10.5. The van der Waals surface area contributed by atoms with Crippen LogP contribution in [0, 0.1) is 5.82 Å². The van der Waals surface area contributed by atoms with Gasteiger partial charge in [-0.2, -0.15) is 4.98 Å². The van der Waals surface area contributed by atoms with Gasteiger partial charge < -0.3 is 20.3 Å². The zero-order valence-corrected chi connectivity index (χ0v) is 18.1. The molecule has 1 saturated heterocycles. The maximum absolute atomic E-state index is 13.6. The van der Waals surface area contributed by atoms with Crippen LogP contribution >= 0.6 is 11.6 Å². The average molecular weight is 457 g/mol. The number of hydrogen-bond donors (Lipinski definition) is 2. The number of piperidine rings is 1. The number of amides is 1. The van der Waals surface area contributed by atoms with Gasteiger partial charge in [0.15, 0.2) is 0 Å². The molecule has 0 atom stereocenters. The van der Waals surface area contributed by atoms with Gasteiger partial charge in [-0.05, 0) is 30.3 Å². The molecule has 2 aromatic carbocycles. The Balaban J connectivity index is 1.37. The number of carbonyl (C=O) groups excluding carboxylic acids is 1. The lowest BCUT2D eigenvalue weighted by Gasteiger charge is -2.32. The number of aromatic nitrogens is 3. The Morgan fingerprint density at radius 2 is 2.00 bits per heavy atom. The molecule has 1 aliphatic heterocycles. The van der Waals surface area contributed by atoms with Gasteiger partial charge in [0, 0.05) is 50.3 Å². The molecule has 1 fully saturated rings. The molecule has 8 nitrogen and oxygen atoms in total. The van der Waals surface area contributed by atoms with Crippen LogP contribution in [0.5, 0.6) is 5.75 Å². The smallest absolute Gasteiger partial charge is 0.251 e. The molecular weight excluding hydrogens is 435 g/mol. The van der Waals surface area contributed by atoms with Gasteiger partial charge in [-0.1, -0.05) is 17.7 Å². The zero-order valence-electron chi connectivity index (χ0n) is 17.4. The number of benzene rings is 2. The lowest BCUT2D eigenvalue weighted by molar-refractivity contribution is 0.0963. The number of carbonyl (C=O) groups is 1. The average Bonchev–Trinajstić information content (AvgIpc) is 2.82. The van der Waals surface area contributed by atoms with Crippen molar-refractivity contribution in [2.75, 3.05) is 30.4 Å². The maximum atomic E-state index is 13.6. The van der Waals surface area contributed by atoms with Crippen molar-refractivity contribution in [3.63, 3.8) is 0 Å². The van der Waals surface area contributed by atoms with Crippen LogP contribution in [0.15, 0.2) is 48.8 Å². The molecule has 1 amide bonds. The summed E-state index contributed by atoms with van der Waals surface area (Å²) in [7, 11) is 1.59. The van der Waals surface area contributed by atoms with Crippen LogP contribution in [-0.2, 0) is 0 Å². The van der Waals surface area contributed by atoms with Crippen LogP contribution in [0.2, 0.25) is 5.02 Å². The molecule has 2 N–H and O–H groups in total. The Bertz CT molecular complexity index is 1110. The Kier molecular flexibility index (Phi) is 6.65. The van der Waals surface area contributed by atoms with Crippen LogP contribution in [0.4, 0.5) is 22.0 Å². The van der Waals surface area contributed by atoms with Crippen LogP contribution in [-0.4, -0.2) is 47.1 Å². The highest BCUT2D eigenvalue weighted by atomic mass is 35.5. The molecule has 0 unspecified atom stereocenters. The summed E-state index contributed by atoms with van der Waals surface area (Å²) in [4.78, 5) is 26.9. The predicted octanol–water partition coefficient (Wildman–Crippen LogP) is 3.82. The molecule has 0 aliphatic carbocycles. The van der Waals surface area contributed by atoms with Gasteiger partial charge in [0.05, 0.1) is 5.02 Å². The maximum Gasteiger partial charge on any atom is 0.251 e. The van der Waals surface area contributed by atoms with E-state index in [-0.39, 0.29) is 17.0 Å². The standard InChI is InChI=1S/C22H22ClFN6O2/c1-25-20(31)14-3-2-4-15(11-14)28-21-26-13-27-22(29-21)30-9-7-16(8-10-30)32-17-5-6-18(23)19(24)12-17/h2-6,11-13,16H,7-10H2,1H3,(H,25,31)(H,26,27,28,29). The van der Waals surface area contributed by atoms with Crippen LogP contribution in [0.1, 0.15) is 23.2 Å². The number of anilines is 3. The van der Waals surface area contributed by atoms with E-state index in [1.165, 1.54) is 18.5 Å².